The molecule has 1 aromatic heterocycles. The van der Waals surface area contributed by atoms with Gasteiger partial charge >= 0.3 is 6.09 Å². The molecule has 0 unspecified atom stereocenters. The van der Waals surface area contributed by atoms with Crippen LogP contribution in [-0.4, -0.2) is 37.2 Å². The van der Waals surface area contributed by atoms with E-state index >= 15 is 0 Å². The van der Waals surface area contributed by atoms with Gasteiger partial charge in [0.1, 0.15) is 5.82 Å². The lowest BCUT2D eigenvalue weighted by molar-refractivity contribution is 0.0512. The van der Waals surface area contributed by atoms with Gasteiger partial charge < -0.3 is 14.6 Å². The van der Waals surface area contributed by atoms with E-state index < -0.39 is 11.6 Å². The van der Waals surface area contributed by atoms with Gasteiger partial charge in [-0.05, 0) is 70.7 Å². The Labute approximate surface area is 153 Å². The van der Waals surface area contributed by atoms with Crippen LogP contribution in [0.15, 0.2) is 36.8 Å². The molecule has 140 valence electrons. The van der Waals surface area contributed by atoms with E-state index in [-0.39, 0.29) is 11.9 Å². The lowest BCUT2D eigenvalue weighted by Crippen LogP contribution is -2.52. The molecule has 0 radical (unpaired) electrons. The zero-order chi connectivity index (χ0) is 18.9. The number of amides is 1. The zero-order valence-corrected chi connectivity index (χ0v) is 15.5. The Kier molecular flexibility index (Phi) is 5.03. The average Bonchev–Trinajstić information content (AvgIpc) is 3.04. The summed E-state index contributed by atoms with van der Waals surface area (Å²) >= 11 is 0. The molecule has 1 fully saturated rings. The van der Waals surface area contributed by atoms with Gasteiger partial charge in [0.15, 0.2) is 0 Å². The molecule has 1 N–H and O–H groups in total. The molecule has 1 amide bonds. The summed E-state index contributed by atoms with van der Waals surface area (Å²) in [4.78, 5) is 17.7. The van der Waals surface area contributed by atoms with Crippen LogP contribution < -0.4 is 0 Å². The van der Waals surface area contributed by atoms with Crippen LogP contribution in [0.1, 0.15) is 52.5 Å². The number of carbonyl (C=O) groups is 1. The minimum atomic E-state index is -0.845. The number of hydrogen-bond acceptors (Lipinski definition) is 2. The van der Waals surface area contributed by atoms with E-state index in [9.17, 15) is 14.3 Å². The number of hydrogen-bond donors (Lipinski definition) is 1. The summed E-state index contributed by atoms with van der Waals surface area (Å²) in [6.45, 7) is 5.83. The lowest BCUT2D eigenvalue weighted by Gasteiger charge is -2.42. The summed E-state index contributed by atoms with van der Waals surface area (Å²) < 4.78 is 15.2. The highest BCUT2D eigenvalue weighted by Crippen LogP contribution is 2.34. The predicted molar refractivity (Wildman–Crippen MR) is 98.5 cm³/mol. The molecular weight excluding hydrogens is 333 g/mol. The highest BCUT2D eigenvalue weighted by molar-refractivity contribution is 5.66. The highest BCUT2D eigenvalue weighted by atomic mass is 19.1. The summed E-state index contributed by atoms with van der Waals surface area (Å²) in [6, 6.07) is 6.71. The molecular formula is C20H26FN3O2. The molecule has 2 aromatic rings. The Balaban J connectivity index is 1.67. The van der Waals surface area contributed by atoms with Crippen LogP contribution in [-0.2, 0) is 0 Å². The van der Waals surface area contributed by atoms with E-state index in [4.69, 9.17) is 0 Å². The van der Waals surface area contributed by atoms with E-state index in [1.54, 1.807) is 17.0 Å². The van der Waals surface area contributed by atoms with Gasteiger partial charge in [0, 0.05) is 29.4 Å². The second-order valence-electron chi connectivity index (χ2n) is 8.00. The number of aromatic nitrogens is 2. The number of carboxylic acid groups (broad SMARTS) is 1. The van der Waals surface area contributed by atoms with Crippen molar-refractivity contribution in [3.8, 4) is 11.3 Å². The normalized spacial score (nSPS) is 20.8. The number of halogens is 1. The van der Waals surface area contributed by atoms with Crippen molar-refractivity contribution in [1.82, 2.24) is 14.5 Å². The average molecular weight is 359 g/mol. The third kappa shape index (κ3) is 3.89. The maximum Gasteiger partial charge on any atom is 0.407 e. The third-order valence-corrected chi connectivity index (χ3v) is 5.12. The van der Waals surface area contributed by atoms with Crippen molar-refractivity contribution < 1.29 is 14.3 Å². The summed E-state index contributed by atoms with van der Waals surface area (Å²) in [5.74, 6) is -0.256. The SMILES string of the molecule is CC(C)(C)N(C(=O)O)[C@H]1CC[C@@H](n2cnc(-c3ccc(F)cc3)c2)CC1. The molecule has 26 heavy (non-hydrogen) atoms. The van der Waals surface area contributed by atoms with Crippen molar-refractivity contribution in [2.24, 2.45) is 0 Å². The maximum absolute atomic E-state index is 13.1. The molecule has 0 spiro atoms. The number of rotatable bonds is 3. The second kappa shape index (κ2) is 7.09. The van der Waals surface area contributed by atoms with Crippen LogP contribution in [0.2, 0.25) is 0 Å². The first-order valence-corrected chi connectivity index (χ1v) is 9.07. The molecule has 6 heteroatoms. The first kappa shape index (κ1) is 18.4. The van der Waals surface area contributed by atoms with Crippen molar-refractivity contribution in [1.29, 1.82) is 0 Å². The van der Waals surface area contributed by atoms with Gasteiger partial charge in [-0.15, -0.1) is 0 Å². The Bertz CT molecular complexity index is 756. The molecule has 1 heterocycles. The lowest BCUT2D eigenvalue weighted by atomic mass is 9.88. The quantitative estimate of drug-likeness (QED) is 0.843. The van der Waals surface area contributed by atoms with Crippen molar-refractivity contribution in [2.75, 3.05) is 0 Å². The van der Waals surface area contributed by atoms with Crippen molar-refractivity contribution in [2.45, 2.75) is 64.1 Å². The van der Waals surface area contributed by atoms with Crippen LogP contribution >= 0.6 is 0 Å². The van der Waals surface area contributed by atoms with E-state index in [0.717, 1.165) is 36.9 Å². The number of imidazole rings is 1. The fourth-order valence-corrected chi connectivity index (χ4v) is 3.91. The highest BCUT2D eigenvalue weighted by Gasteiger charge is 2.35. The topological polar surface area (TPSA) is 58.4 Å². The van der Waals surface area contributed by atoms with Gasteiger partial charge in [-0.3, -0.25) is 0 Å². The molecule has 0 bridgehead atoms. The summed E-state index contributed by atoms with van der Waals surface area (Å²) in [7, 11) is 0. The largest absolute Gasteiger partial charge is 0.465 e. The summed E-state index contributed by atoms with van der Waals surface area (Å²) in [5, 5.41) is 9.58. The second-order valence-corrected chi connectivity index (χ2v) is 8.00. The van der Waals surface area contributed by atoms with Gasteiger partial charge in [-0.25, -0.2) is 14.2 Å². The van der Waals surface area contributed by atoms with Crippen LogP contribution in [0.4, 0.5) is 9.18 Å². The van der Waals surface area contributed by atoms with Crippen molar-refractivity contribution in [3.05, 3.63) is 42.6 Å². The van der Waals surface area contributed by atoms with E-state index in [0.29, 0.717) is 6.04 Å². The van der Waals surface area contributed by atoms with Crippen molar-refractivity contribution in [3.63, 3.8) is 0 Å². The minimum Gasteiger partial charge on any atom is -0.465 e. The van der Waals surface area contributed by atoms with Crippen LogP contribution in [0.25, 0.3) is 11.3 Å². The van der Waals surface area contributed by atoms with E-state index in [2.05, 4.69) is 9.55 Å². The molecule has 5 nitrogen and oxygen atoms in total. The molecule has 0 saturated heterocycles. The summed E-state index contributed by atoms with van der Waals surface area (Å²) in [6.07, 6.45) is 6.51. The van der Waals surface area contributed by atoms with Gasteiger partial charge in [-0.2, -0.15) is 0 Å². The van der Waals surface area contributed by atoms with E-state index in [1.165, 1.54) is 12.1 Å². The van der Waals surface area contributed by atoms with Gasteiger partial charge in [0.05, 0.1) is 12.0 Å². The standard InChI is InChI=1S/C20H26FN3O2/c1-20(2,3)24(19(25)26)17-10-8-16(9-11-17)23-12-18(22-13-23)14-4-6-15(21)7-5-14/h4-7,12-13,16-17H,8-11H2,1-3H3,(H,25,26)/t16-,17+. The maximum atomic E-state index is 13.1. The molecule has 1 aromatic carbocycles. The Morgan fingerprint density at radius 1 is 1.19 bits per heavy atom. The molecule has 1 aliphatic rings. The van der Waals surface area contributed by atoms with Crippen molar-refractivity contribution >= 4 is 6.09 Å². The first-order chi connectivity index (χ1) is 12.3. The van der Waals surface area contributed by atoms with Crippen LogP contribution in [0.3, 0.4) is 0 Å². The monoisotopic (exact) mass is 359 g/mol. The molecule has 0 aliphatic heterocycles. The van der Waals surface area contributed by atoms with Gasteiger partial charge in [0.25, 0.3) is 0 Å². The molecule has 0 atom stereocenters. The summed E-state index contributed by atoms with van der Waals surface area (Å²) in [5.41, 5.74) is 1.33. The van der Waals surface area contributed by atoms with E-state index in [1.807, 2.05) is 33.3 Å². The fourth-order valence-electron chi connectivity index (χ4n) is 3.91. The number of benzene rings is 1. The zero-order valence-electron chi connectivity index (χ0n) is 15.5. The molecule has 1 saturated carbocycles. The first-order valence-electron chi connectivity index (χ1n) is 9.07. The molecule has 3 rings (SSSR count). The van der Waals surface area contributed by atoms with Gasteiger partial charge in [0.2, 0.25) is 0 Å². The molecule has 1 aliphatic carbocycles. The smallest absolute Gasteiger partial charge is 0.407 e. The number of nitrogens with zero attached hydrogens (tertiary/aromatic N) is 3. The van der Waals surface area contributed by atoms with Crippen LogP contribution in [0.5, 0.6) is 0 Å². The predicted octanol–water partition coefficient (Wildman–Crippen LogP) is 4.95. The Morgan fingerprint density at radius 3 is 2.35 bits per heavy atom. The Hall–Kier alpha value is -2.37. The third-order valence-electron chi connectivity index (χ3n) is 5.12. The minimum absolute atomic E-state index is 0.0591. The van der Waals surface area contributed by atoms with Crippen LogP contribution in [0, 0.1) is 5.82 Å². The van der Waals surface area contributed by atoms with Gasteiger partial charge in [-0.1, -0.05) is 0 Å². The Morgan fingerprint density at radius 2 is 1.81 bits per heavy atom. The fraction of sp³-hybridized carbons (Fsp3) is 0.500.